The monoisotopic (exact) mass is 511 g/mol. The van der Waals surface area contributed by atoms with Gasteiger partial charge < -0.3 is 9.80 Å². The number of hydrogen-bond donors (Lipinski definition) is 0. The number of piperazine rings is 1. The molecule has 0 spiro atoms. The van der Waals surface area contributed by atoms with Crippen molar-refractivity contribution in [2.45, 2.75) is 18.9 Å². The van der Waals surface area contributed by atoms with E-state index in [2.05, 4.69) is 16.3 Å². The lowest BCUT2D eigenvalue weighted by molar-refractivity contribution is -0.133. The highest BCUT2D eigenvalue weighted by Crippen LogP contribution is 2.38. The third-order valence-electron chi connectivity index (χ3n) is 6.85. The standard InChI is InChI=1S/C27H27ClFN3O2S/c28-21-6-4-19(5-7-21)27(34)32-15-13-30(14-16-32)25(33)9-12-31-11-8-24-23(10-17-35-24)26(31)20-2-1-3-22(29)18-20/h1-7,10,17-18,26H,8-9,11-16H2/t26-/m0/s1. The van der Waals surface area contributed by atoms with Crippen molar-refractivity contribution in [3.63, 3.8) is 0 Å². The Morgan fingerprint density at radius 1 is 0.971 bits per heavy atom. The third kappa shape index (κ3) is 5.27. The molecular weight excluding hydrogens is 485 g/mol. The summed E-state index contributed by atoms with van der Waals surface area (Å²) >= 11 is 7.67. The van der Waals surface area contributed by atoms with Crippen molar-refractivity contribution in [3.05, 3.63) is 92.4 Å². The van der Waals surface area contributed by atoms with Crippen molar-refractivity contribution in [2.75, 3.05) is 39.3 Å². The molecule has 2 aromatic carbocycles. The summed E-state index contributed by atoms with van der Waals surface area (Å²) in [4.78, 5) is 33.0. The van der Waals surface area contributed by atoms with Crippen molar-refractivity contribution in [2.24, 2.45) is 0 Å². The summed E-state index contributed by atoms with van der Waals surface area (Å²) in [5, 5.41) is 2.69. The van der Waals surface area contributed by atoms with Gasteiger partial charge in [0.05, 0.1) is 6.04 Å². The van der Waals surface area contributed by atoms with Crippen LogP contribution in [-0.4, -0.2) is 65.8 Å². The molecule has 1 aromatic heterocycles. The number of thiophene rings is 1. The number of nitrogens with zero attached hydrogens (tertiary/aromatic N) is 3. The van der Waals surface area contributed by atoms with Gasteiger partial charge in [0.2, 0.25) is 5.91 Å². The van der Waals surface area contributed by atoms with Crippen LogP contribution in [0.5, 0.6) is 0 Å². The van der Waals surface area contributed by atoms with Gasteiger partial charge in [-0.05, 0) is 65.4 Å². The first-order valence-electron chi connectivity index (χ1n) is 11.9. The van der Waals surface area contributed by atoms with Gasteiger partial charge in [-0.15, -0.1) is 11.3 Å². The summed E-state index contributed by atoms with van der Waals surface area (Å²) in [7, 11) is 0. The van der Waals surface area contributed by atoms with E-state index in [1.165, 1.54) is 16.5 Å². The Morgan fingerprint density at radius 2 is 1.71 bits per heavy atom. The molecule has 1 saturated heterocycles. The average molecular weight is 512 g/mol. The van der Waals surface area contributed by atoms with Crippen molar-refractivity contribution >= 4 is 34.8 Å². The molecule has 0 unspecified atom stereocenters. The predicted molar refractivity (Wildman–Crippen MR) is 136 cm³/mol. The Morgan fingerprint density at radius 3 is 2.46 bits per heavy atom. The molecule has 3 aromatic rings. The quantitative estimate of drug-likeness (QED) is 0.491. The van der Waals surface area contributed by atoms with E-state index >= 15 is 0 Å². The summed E-state index contributed by atoms with van der Waals surface area (Å²) in [5.41, 5.74) is 2.75. The fourth-order valence-corrected chi connectivity index (χ4v) is 6.04. The van der Waals surface area contributed by atoms with Gasteiger partial charge in [0, 0.05) is 61.2 Å². The number of rotatable bonds is 5. The van der Waals surface area contributed by atoms with Gasteiger partial charge in [0.1, 0.15) is 5.82 Å². The zero-order chi connectivity index (χ0) is 24.4. The summed E-state index contributed by atoms with van der Waals surface area (Å²) in [6.07, 6.45) is 1.34. The number of halogens is 2. The first-order chi connectivity index (χ1) is 17.0. The van der Waals surface area contributed by atoms with Crippen LogP contribution in [0.4, 0.5) is 4.39 Å². The van der Waals surface area contributed by atoms with Gasteiger partial charge in [-0.25, -0.2) is 4.39 Å². The lowest BCUT2D eigenvalue weighted by Gasteiger charge is -2.38. The van der Waals surface area contributed by atoms with E-state index in [1.807, 2.05) is 11.0 Å². The van der Waals surface area contributed by atoms with Crippen LogP contribution >= 0.6 is 22.9 Å². The average Bonchev–Trinajstić information content (AvgIpc) is 3.36. The highest BCUT2D eigenvalue weighted by atomic mass is 35.5. The van der Waals surface area contributed by atoms with Gasteiger partial charge in [0.25, 0.3) is 5.91 Å². The fraction of sp³-hybridized carbons (Fsp3) is 0.333. The van der Waals surface area contributed by atoms with Crippen LogP contribution < -0.4 is 0 Å². The van der Waals surface area contributed by atoms with E-state index in [0.29, 0.717) is 49.7 Å². The van der Waals surface area contributed by atoms with Crippen molar-refractivity contribution in [1.82, 2.24) is 14.7 Å². The summed E-state index contributed by atoms with van der Waals surface area (Å²) in [6.45, 7) is 3.53. The summed E-state index contributed by atoms with van der Waals surface area (Å²) in [6, 6.07) is 15.8. The molecule has 0 N–H and O–H groups in total. The van der Waals surface area contributed by atoms with E-state index in [4.69, 9.17) is 11.6 Å². The van der Waals surface area contributed by atoms with Gasteiger partial charge >= 0.3 is 0 Å². The maximum absolute atomic E-state index is 14.0. The minimum Gasteiger partial charge on any atom is -0.339 e. The van der Waals surface area contributed by atoms with Crippen LogP contribution in [0.1, 0.15) is 38.8 Å². The Balaban J connectivity index is 1.19. The zero-order valence-corrected chi connectivity index (χ0v) is 20.9. The Labute approximate surface area is 213 Å². The first kappa shape index (κ1) is 24.0. The molecule has 2 amide bonds. The van der Waals surface area contributed by atoms with Crippen LogP contribution in [0.2, 0.25) is 5.02 Å². The van der Waals surface area contributed by atoms with E-state index in [-0.39, 0.29) is 23.7 Å². The fourth-order valence-electron chi connectivity index (χ4n) is 5.01. The topological polar surface area (TPSA) is 43.9 Å². The summed E-state index contributed by atoms with van der Waals surface area (Å²) in [5.74, 6) is -0.184. The lowest BCUT2D eigenvalue weighted by Crippen LogP contribution is -2.51. The minimum absolute atomic E-state index is 0.0356. The molecule has 3 heterocycles. The van der Waals surface area contributed by atoms with Gasteiger partial charge in [0.15, 0.2) is 0 Å². The second kappa shape index (κ2) is 10.5. The van der Waals surface area contributed by atoms with E-state index in [9.17, 15) is 14.0 Å². The van der Waals surface area contributed by atoms with E-state index < -0.39 is 0 Å². The number of hydrogen-bond acceptors (Lipinski definition) is 4. The third-order valence-corrected chi connectivity index (χ3v) is 8.10. The largest absolute Gasteiger partial charge is 0.339 e. The van der Waals surface area contributed by atoms with E-state index in [1.54, 1.807) is 52.6 Å². The highest BCUT2D eigenvalue weighted by molar-refractivity contribution is 7.10. The number of carbonyl (C=O) groups is 2. The van der Waals surface area contributed by atoms with Gasteiger partial charge in [-0.1, -0.05) is 23.7 Å². The second-order valence-corrected chi connectivity index (χ2v) is 10.4. The molecule has 2 aliphatic rings. The molecular formula is C27H27ClFN3O2S. The van der Waals surface area contributed by atoms with Crippen molar-refractivity contribution in [1.29, 1.82) is 0 Å². The maximum atomic E-state index is 14.0. The second-order valence-electron chi connectivity index (χ2n) is 8.97. The predicted octanol–water partition coefficient (Wildman–Crippen LogP) is 4.86. The number of benzene rings is 2. The zero-order valence-electron chi connectivity index (χ0n) is 19.3. The lowest BCUT2D eigenvalue weighted by atomic mass is 9.93. The Kier molecular flexibility index (Phi) is 7.18. The molecule has 5 rings (SSSR count). The van der Waals surface area contributed by atoms with Crippen LogP contribution in [0, 0.1) is 5.82 Å². The van der Waals surface area contributed by atoms with Crippen LogP contribution in [-0.2, 0) is 11.2 Å². The highest BCUT2D eigenvalue weighted by Gasteiger charge is 2.31. The van der Waals surface area contributed by atoms with Gasteiger partial charge in [-0.2, -0.15) is 0 Å². The molecule has 1 fully saturated rings. The summed E-state index contributed by atoms with van der Waals surface area (Å²) < 4.78 is 14.0. The number of carbonyl (C=O) groups excluding carboxylic acids is 2. The molecule has 0 radical (unpaired) electrons. The molecule has 0 aliphatic carbocycles. The van der Waals surface area contributed by atoms with Gasteiger partial charge in [-0.3, -0.25) is 14.5 Å². The van der Waals surface area contributed by atoms with Crippen LogP contribution in [0.25, 0.3) is 0 Å². The first-order valence-corrected chi connectivity index (χ1v) is 13.1. The van der Waals surface area contributed by atoms with Crippen LogP contribution in [0.15, 0.2) is 60.0 Å². The van der Waals surface area contributed by atoms with Crippen LogP contribution in [0.3, 0.4) is 0 Å². The van der Waals surface area contributed by atoms with E-state index in [0.717, 1.165) is 18.5 Å². The molecule has 1 atom stereocenters. The SMILES string of the molecule is O=C(CCN1CCc2sccc2[C@@H]1c1cccc(F)c1)N1CCN(C(=O)c2ccc(Cl)cc2)CC1. The molecule has 0 bridgehead atoms. The molecule has 5 nitrogen and oxygen atoms in total. The normalized spacial score (nSPS) is 18.4. The molecule has 182 valence electrons. The minimum atomic E-state index is -0.244. The maximum Gasteiger partial charge on any atom is 0.253 e. The number of fused-ring (bicyclic) bond motifs is 1. The smallest absolute Gasteiger partial charge is 0.253 e. The molecule has 2 aliphatic heterocycles. The number of amides is 2. The van der Waals surface area contributed by atoms with Crippen molar-refractivity contribution < 1.29 is 14.0 Å². The Bertz CT molecular complexity index is 1210. The molecule has 8 heteroatoms. The Hall–Kier alpha value is -2.74. The molecule has 0 saturated carbocycles. The molecule has 35 heavy (non-hydrogen) atoms. The van der Waals surface area contributed by atoms with Crippen molar-refractivity contribution in [3.8, 4) is 0 Å².